The predicted molar refractivity (Wildman–Crippen MR) is 89.8 cm³/mol. The van der Waals surface area contributed by atoms with Crippen LogP contribution < -0.4 is 10.9 Å². The lowest BCUT2D eigenvalue weighted by Gasteiger charge is -2.38. The molecule has 2 aromatic rings. The Morgan fingerprint density at radius 2 is 2.00 bits per heavy atom. The summed E-state index contributed by atoms with van der Waals surface area (Å²) in [6.45, 7) is 3.56. The average Bonchev–Trinajstić information content (AvgIpc) is 3.27. The number of furan rings is 1. The van der Waals surface area contributed by atoms with Crippen molar-refractivity contribution < 1.29 is 9.21 Å². The van der Waals surface area contributed by atoms with E-state index in [1.54, 1.807) is 35.4 Å². The third kappa shape index (κ3) is 2.67. The molecule has 0 aliphatic carbocycles. The summed E-state index contributed by atoms with van der Waals surface area (Å²) in [6.07, 6.45) is 4.75. The van der Waals surface area contributed by atoms with E-state index in [1.807, 2.05) is 0 Å². The molecule has 2 fully saturated rings. The minimum absolute atomic E-state index is 0.178. The van der Waals surface area contributed by atoms with Crippen molar-refractivity contribution in [3.05, 3.63) is 46.4 Å². The smallest absolute Gasteiger partial charge is 0.261 e. The number of likely N-dealkylation sites (tertiary alicyclic amines) is 1. The molecule has 0 bridgehead atoms. The zero-order valence-corrected chi connectivity index (χ0v) is 13.5. The lowest BCUT2D eigenvalue weighted by Crippen LogP contribution is -2.45. The van der Waals surface area contributed by atoms with E-state index >= 15 is 0 Å². The number of hydrogen-bond acceptors (Lipinski definition) is 4. The SMILES string of the molecule is O=C(c1ccc(-c2ccco2)[nH]c1=O)N1CCC2(CCNC2)CC1. The number of rotatable bonds is 2. The largest absolute Gasteiger partial charge is 0.463 e. The van der Waals surface area contributed by atoms with Gasteiger partial charge in [0.15, 0.2) is 0 Å². The minimum Gasteiger partial charge on any atom is -0.463 e. The van der Waals surface area contributed by atoms with Gasteiger partial charge in [-0.25, -0.2) is 0 Å². The van der Waals surface area contributed by atoms with E-state index in [9.17, 15) is 9.59 Å². The summed E-state index contributed by atoms with van der Waals surface area (Å²) in [5.74, 6) is 0.405. The van der Waals surface area contributed by atoms with Gasteiger partial charge < -0.3 is 19.6 Å². The molecule has 4 heterocycles. The van der Waals surface area contributed by atoms with Crippen LogP contribution in [0.3, 0.4) is 0 Å². The van der Waals surface area contributed by atoms with E-state index in [2.05, 4.69) is 10.3 Å². The van der Waals surface area contributed by atoms with Gasteiger partial charge in [0.2, 0.25) is 0 Å². The summed E-state index contributed by atoms with van der Waals surface area (Å²) in [4.78, 5) is 29.5. The number of carbonyl (C=O) groups excluding carboxylic acids is 1. The van der Waals surface area contributed by atoms with Gasteiger partial charge in [0.1, 0.15) is 11.3 Å². The van der Waals surface area contributed by atoms with Crippen LogP contribution in [0.5, 0.6) is 0 Å². The monoisotopic (exact) mass is 327 g/mol. The molecule has 0 unspecified atom stereocenters. The van der Waals surface area contributed by atoms with E-state index < -0.39 is 0 Å². The van der Waals surface area contributed by atoms with E-state index in [0.29, 0.717) is 16.9 Å². The molecule has 4 rings (SSSR count). The van der Waals surface area contributed by atoms with E-state index in [4.69, 9.17) is 4.42 Å². The summed E-state index contributed by atoms with van der Waals surface area (Å²) in [5.41, 5.74) is 0.769. The Morgan fingerprint density at radius 3 is 2.62 bits per heavy atom. The van der Waals surface area contributed by atoms with Crippen LogP contribution in [0.25, 0.3) is 11.5 Å². The number of nitrogens with zero attached hydrogens (tertiary/aromatic N) is 1. The molecule has 2 N–H and O–H groups in total. The van der Waals surface area contributed by atoms with Gasteiger partial charge in [0.25, 0.3) is 11.5 Å². The molecule has 0 saturated carbocycles. The maximum Gasteiger partial charge on any atom is 0.261 e. The summed E-state index contributed by atoms with van der Waals surface area (Å²) in [7, 11) is 0. The first kappa shape index (κ1) is 15.2. The Hall–Kier alpha value is -2.34. The Bertz CT molecular complexity index is 778. The Balaban J connectivity index is 1.50. The maximum absolute atomic E-state index is 12.7. The van der Waals surface area contributed by atoms with Gasteiger partial charge in [-0.3, -0.25) is 9.59 Å². The van der Waals surface area contributed by atoms with Crippen LogP contribution in [0, 0.1) is 5.41 Å². The average molecular weight is 327 g/mol. The van der Waals surface area contributed by atoms with Crippen molar-refractivity contribution >= 4 is 5.91 Å². The van der Waals surface area contributed by atoms with E-state index in [0.717, 1.165) is 39.0 Å². The van der Waals surface area contributed by atoms with Crippen molar-refractivity contribution in [1.82, 2.24) is 15.2 Å². The fourth-order valence-corrected chi connectivity index (χ4v) is 3.79. The third-order valence-electron chi connectivity index (χ3n) is 5.37. The molecular formula is C18H21N3O3. The third-order valence-corrected chi connectivity index (χ3v) is 5.37. The second-order valence-corrected chi connectivity index (χ2v) is 6.81. The van der Waals surface area contributed by atoms with Gasteiger partial charge in [0, 0.05) is 19.6 Å². The fraction of sp³-hybridized carbons (Fsp3) is 0.444. The number of carbonyl (C=O) groups is 1. The molecule has 2 aliphatic rings. The van der Waals surface area contributed by atoms with Gasteiger partial charge in [0.05, 0.1) is 12.0 Å². The van der Waals surface area contributed by atoms with E-state index in [1.165, 1.54) is 6.42 Å². The Labute approximate surface area is 139 Å². The number of nitrogens with one attached hydrogen (secondary N) is 2. The van der Waals surface area contributed by atoms with Crippen molar-refractivity contribution in [2.75, 3.05) is 26.2 Å². The summed E-state index contributed by atoms with van der Waals surface area (Å²) in [6, 6.07) is 6.85. The van der Waals surface area contributed by atoms with Crippen molar-refractivity contribution in [3.63, 3.8) is 0 Å². The molecule has 6 heteroatoms. The first-order valence-corrected chi connectivity index (χ1v) is 8.44. The highest BCUT2D eigenvalue weighted by Crippen LogP contribution is 2.37. The minimum atomic E-state index is -0.364. The van der Waals surface area contributed by atoms with Crippen LogP contribution in [0.1, 0.15) is 29.6 Å². The predicted octanol–water partition coefficient (Wildman–Crippen LogP) is 1.85. The molecule has 0 aromatic carbocycles. The summed E-state index contributed by atoms with van der Waals surface area (Å²) < 4.78 is 5.27. The molecule has 2 aliphatic heterocycles. The van der Waals surface area contributed by atoms with Gasteiger partial charge in [-0.15, -0.1) is 0 Å². The summed E-state index contributed by atoms with van der Waals surface area (Å²) in [5, 5.41) is 3.42. The zero-order chi connectivity index (χ0) is 16.6. The first-order chi connectivity index (χ1) is 11.7. The quantitative estimate of drug-likeness (QED) is 0.882. The van der Waals surface area contributed by atoms with Crippen LogP contribution in [-0.2, 0) is 0 Å². The van der Waals surface area contributed by atoms with Gasteiger partial charge in [-0.1, -0.05) is 0 Å². The number of amides is 1. The van der Waals surface area contributed by atoms with Crippen molar-refractivity contribution in [2.45, 2.75) is 19.3 Å². The molecule has 0 atom stereocenters. The second kappa shape index (κ2) is 5.94. The lowest BCUT2D eigenvalue weighted by atomic mass is 9.78. The number of aromatic amines is 1. The molecule has 24 heavy (non-hydrogen) atoms. The molecular weight excluding hydrogens is 306 g/mol. The molecule has 1 spiro atoms. The van der Waals surface area contributed by atoms with Crippen LogP contribution in [0.15, 0.2) is 39.7 Å². The van der Waals surface area contributed by atoms with Crippen molar-refractivity contribution in [2.24, 2.45) is 5.41 Å². The number of pyridine rings is 1. The molecule has 6 nitrogen and oxygen atoms in total. The highest BCUT2D eigenvalue weighted by Gasteiger charge is 2.38. The Kier molecular flexibility index (Phi) is 3.76. The number of hydrogen-bond donors (Lipinski definition) is 2. The van der Waals surface area contributed by atoms with Gasteiger partial charge >= 0.3 is 0 Å². The van der Waals surface area contributed by atoms with Gasteiger partial charge in [-0.2, -0.15) is 0 Å². The molecule has 2 aromatic heterocycles. The second-order valence-electron chi connectivity index (χ2n) is 6.81. The zero-order valence-electron chi connectivity index (χ0n) is 13.5. The first-order valence-electron chi connectivity index (χ1n) is 8.44. The molecule has 1 amide bonds. The Morgan fingerprint density at radius 1 is 1.17 bits per heavy atom. The number of aromatic nitrogens is 1. The topological polar surface area (TPSA) is 78.3 Å². The van der Waals surface area contributed by atoms with Crippen LogP contribution in [0.4, 0.5) is 0 Å². The van der Waals surface area contributed by atoms with Crippen LogP contribution in [-0.4, -0.2) is 42.0 Å². The highest BCUT2D eigenvalue weighted by atomic mass is 16.3. The molecule has 126 valence electrons. The maximum atomic E-state index is 12.7. The normalized spacial score (nSPS) is 19.8. The fourth-order valence-electron chi connectivity index (χ4n) is 3.79. The highest BCUT2D eigenvalue weighted by molar-refractivity contribution is 5.94. The van der Waals surface area contributed by atoms with Crippen LogP contribution >= 0.6 is 0 Å². The molecule has 0 radical (unpaired) electrons. The van der Waals surface area contributed by atoms with Crippen molar-refractivity contribution in [1.29, 1.82) is 0 Å². The van der Waals surface area contributed by atoms with Crippen molar-refractivity contribution in [3.8, 4) is 11.5 Å². The number of H-pyrrole nitrogens is 1. The van der Waals surface area contributed by atoms with Gasteiger partial charge in [-0.05, 0) is 55.5 Å². The lowest BCUT2D eigenvalue weighted by molar-refractivity contribution is 0.0606. The standard InChI is InChI=1S/C18H21N3O3/c22-16-13(3-4-14(20-16)15-2-1-11-24-15)17(23)21-9-6-18(7-10-21)5-8-19-12-18/h1-4,11,19H,5-10,12H2,(H,20,22). The number of piperidine rings is 1. The van der Waals surface area contributed by atoms with Crippen LogP contribution in [0.2, 0.25) is 0 Å². The summed E-state index contributed by atoms with van der Waals surface area (Å²) >= 11 is 0. The molecule has 2 saturated heterocycles. The van der Waals surface area contributed by atoms with E-state index in [-0.39, 0.29) is 17.0 Å².